The molecule has 1 aliphatic heterocycles. The Morgan fingerprint density at radius 1 is 1.58 bits per heavy atom. The monoisotopic (exact) mass is 282 g/mol. The van der Waals surface area contributed by atoms with Gasteiger partial charge >= 0.3 is 0 Å². The highest BCUT2D eigenvalue weighted by atomic mass is 35.5. The van der Waals surface area contributed by atoms with Gasteiger partial charge in [-0.1, -0.05) is 11.6 Å². The van der Waals surface area contributed by atoms with Gasteiger partial charge in [0.05, 0.1) is 10.6 Å². The first-order valence-electron chi connectivity index (χ1n) is 6.51. The van der Waals surface area contributed by atoms with Gasteiger partial charge in [0.1, 0.15) is 5.75 Å². The lowest BCUT2D eigenvalue weighted by Gasteiger charge is -2.29. The lowest BCUT2D eigenvalue weighted by atomic mass is 9.98. The molecule has 1 unspecified atom stereocenters. The second-order valence-corrected chi connectivity index (χ2v) is 5.55. The summed E-state index contributed by atoms with van der Waals surface area (Å²) in [7, 11) is 2.10. The number of amides is 1. The average molecular weight is 283 g/mol. The normalized spacial score (nSPS) is 20.2. The first-order chi connectivity index (χ1) is 9.06. The Bertz CT molecular complexity index is 465. The van der Waals surface area contributed by atoms with E-state index in [4.69, 9.17) is 11.6 Å². The van der Waals surface area contributed by atoms with E-state index in [0.717, 1.165) is 19.5 Å². The van der Waals surface area contributed by atoms with Gasteiger partial charge in [0.2, 0.25) is 0 Å². The smallest absolute Gasteiger partial charge is 0.252 e. The van der Waals surface area contributed by atoms with Crippen LogP contribution in [-0.2, 0) is 0 Å². The highest BCUT2D eigenvalue weighted by molar-refractivity contribution is 6.33. The molecule has 0 radical (unpaired) electrons. The van der Waals surface area contributed by atoms with Gasteiger partial charge in [0, 0.05) is 13.1 Å². The minimum atomic E-state index is -0.228. The largest absolute Gasteiger partial charge is 0.508 e. The summed E-state index contributed by atoms with van der Waals surface area (Å²) in [5, 5.41) is 12.6. The van der Waals surface area contributed by atoms with Crippen molar-refractivity contribution in [2.24, 2.45) is 5.92 Å². The van der Waals surface area contributed by atoms with E-state index < -0.39 is 0 Å². The summed E-state index contributed by atoms with van der Waals surface area (Å²) >= 11 is 5.96. The van der Waals surface area contributed by atoms with E-state index in [1.54, 1.807) is 0 Å². The molecule has 0 spiro atoms. The van der Waals surface area contributed by atoms with Crippen molar-refractivity contribution >= 4 is 17.5 Å². The van der Waals surface area contributed by atoms with Crippen LogP contribution in [0.15, 0.2) is 18.2 Å². The predicted octanol–water partition coefficient (Wildman–Crippen LogP) is 2.12. The van der Waals surface area contributed by atoms with E-state index in [1.165, 1.54) is 24.6 Å². The van der Waals surface area contributed by atoms with Crippen molar-refractivity contribution in [3.05, 3.63) is 28.8 Å². The van der Waals surface area contributed by atoms with Crippen molar-refractivity contribution in [1.82, 2.24) is 10.2 Å². The molecule has 1 fully saturated rings. The lowest BCUT2D eigenvalue weighted by molar-refractivity contribution is 0.0936. The van der Waals surface area contributed by atoms with E-state index in [1.807, 2.05) is 0 Å². The summed E-state index contributed by atoms with van der Waals surface area (Å²) in [5.41, 5.74) is 0.325. The summed E-state index contributed by atoms with van der Waals surface area (Å²) in [5.74, 6) is 0.305. The van der Waals surface area contributed by atoms with Crippen LogP contribution in [-0.4, -0.2) is 42.6 Å². The third-order valence-electron chi connectivity index (χ3n) is 3.47. The fourth-order valence-corrected chi connectivity index (χ4v) is 2.66. The Balaban J connectivity index is 1.92. The molecule has 1 aromatic carbocycles. The second-order valence-electron chi connectivity index (χ2n) is 5.14. The number of carbonyl (C=O) groups is 1. The Kier molecular flexibility index (Phi) is 4.66. The van der Waals surface area contributed by atoms with Crippen LogP contribution in [0.5, 0.6) is 5.75 Å². The number of aromatic hydroxyl groups is 1. The molecule has 1 heterocycles. The van der Waals surface area contributed by atoms with Crippen LogP contribution in [0.1, 0.15) is 23.2 Å². The number of hydrogen-bond donors (Lipinski definition) is 2. The van der Waals surface area contributed by atoms with Crippen molar-refractivity contribution in [2.45, 2.75) is 12.8 Å². The molecular formula is C14H19ClN2O2. The van der Waals surface area contributed by atoms with Crippen LogP contribution in [0, 0.1) is 5.92 Å². The minimum Gasteiger partial charge on any atom is -0.508 e. The molecule has 0 aliphatic carbocycles. The van der Waals surface area contributed by atoms with Gasteiger partial charge < -0.3 is 15.3 Å². The van der Waals surface area contributed by atoms with Crippen molar-refractivity contribution in [3.63, 3.8) is 0 Å². The molecule has 2 N–H and O–H groups in total. The van der Waals surface area contributed by atoms with Crippen LogP contribution in [0.3, 0.4) is 0 Å². The SMILES string of the molecule is CN1CCCC(CNC(=O)c2cc(O)ccc2Cl)C1. The third kappa shape index (κ3) is 3.85. The molecule has 1 aliphatic rings. The topological polar surface area (TPSA) is 52.6 Å². The molecule has 1 amide bonds. The zero-order chi connectivity index (χ0) is 13.8. The minimum absolute atomic E-state index is 0.0481. The first kappa shape index (κ1) is 14.2. The maximum absolute atomic E-state index is 12.0. The summed E-state index contributed by atoms with van der Waals surface area (Å²) in [4.78, 5) is 14.3. The zero-order valence-electron chi connectivity index (χ0n) is 11.0. The van der Waals surface area contributed by atoms with Crippen LogP contribution in [0.25, 0.3) is 0 Å². The lowest BCUT2D eigenvalue weighted by Crippen LogP contribution is -2.39. The Morgan fingerprint density at radius 2 is 2.37 bits per heavy atom. The number of hydrogen-bond acceptors (Lipinski definition) is 3. The number of nitrogens with zero attached hydrogens (tertiary/aromatic N) is 1. The van der Waals surface area contributed by atoms with Crippen LogP contribution in [0.2, 0.25) is 5.02 Å². The molecule has 1 saturated heterocycles. The number of nitrogens with one attached hydrogen (secondary N) is 1. The molecule has 104 valence electrons. The van der Waals surface area contributed by atoms with Gasteiger partial charge in [-0.25, -0.2) is 0 Å². The summed E-state index contributed by atoms with van der Waals surface area (Å²) in [6, 6.07) is 4.39. The molecule has 0 bridgehead atoms. The number of benzene rings is 1. The average Bonchev–Trinajstić information content (AvgIpc) is 2.39. The maximum Gasteiger partial charge on any atom is 0.252 e. The van der Waals surface area contributed by atoms with E-state index in [9.17, 15) is 9.90 Å². The number of rotatable bonds is 3. The van der Waals surface area contributed by atoms with Crippen LogP contribution < -0.4 is 5.32 Å². The Morgan fingerprint density at radius 3 is 3.11 bits per heavy atom. The van der Waals surface area contributed by atoms with Crippen molar-refractivity contribution in [1.29, 1.82) is 0 Å². The molecule has 0 saturated carbocycles. The zero-order valence-corrected chi connectivity index (χ0v) is 11.8. The molecule has 1 aromatic rings. The Hall–Kier alpha value is -1.26. The van der Waals surface area contributed by atoms with Gasteiger partial charge in [-0.2, -0.15) is 0 Å². The van der Waals surface area contributed by atoms with E-state index in [0.29, 0.717) is 23.0 Å². The Labute approximate surface area is 118 Å². The first-order valence-corrected chi connectivity index (χ1v) is 6.89. The fourth-order valence-electron chi connectivity index (χ4n) is 2.46. The highest BCUT2D eigenvalue weighted by Gasteiger charge is 2.18. The molecule has 0 aromatic heterocycles. The van der Waals surface area contributed by atoms with Gasteiger partial charge in [0.25, 0.3) is 5.91 Å². The summed E-state index contributed by atoms with van der Waals surface area (Å²) in [6.45, 7) is 2.78. The number of piperidine rings is 1. The van der Waals surface area contributed by atoms with Crippen LogP contribution >= 0.6 is 11.6 Å². The molecule has 4 nitrogen and oxygen atoms in total. The molecular weight excluding hydrogens is 264 g/mol. The van der Waals surface area contributed by atoms with E-state index in [-0.39, 0.29) is 11.7 Å². The maximum atomic E-state index is 12.0. The summed E-state index contributed by atoms with van der Waals surface area (Å²) < 4.78 is 0. The van der Waals surface area contributed by atoms with Crippen LogP contribution in [0.4, 0.5) is 0 Å². The molecule has 5 heteroatoms. The van der Waals surface area contributed by atoms with Gasteiger partial charge in [-0.3, -0.25) is 4.79 Å². The number of carbonyl (C=O) groups excluding carboxylic acids is 1. The van der Waals surface area contributed by atoms with Gasteiger partial charge in [-0.05, 0) is 50.6 Å². The number of likely N-dealkylation sites (tertiary alicyclic amines) is 1. The quantitative estimate of drug-likeness (QED) is 0.893. The number of phenolic OH excluding ortho intramolecular Hbond substituents is 1. The van der Waals surface area contributed by atoms with Crippen molar-refractivity contribution < 1.29 is 9.90 Å². The van der Waals surface area contributed by atoms with E-state index >= 15 is 0 Å². The summed E-state index contributed by atoms with van der Waals surface area (Å²) in [6.07, 6.45) is 2.31. The van der Waals surface area contributed by atoms with Crippen molar-refractivity contribution in [3.8, 4) is 5.75 Å². The number of halogens is 1. The molecule has 2 rings (SSSR count). The highest BCUT2D eigenvalue weighted by Crippen LogP contribution is 2.21. The van der Waals surface area contributed by atoms with Crippen molar-refractivity contribution in [2.75, 3.05) is 26.7 Å². The standard InChI is InChI=1S/C14H19ClN2O2/c1-17-6-2-3-10(9-17)8-16-14(19)12-7-11(18)4-5-13(12)15/h4-5,7,10,18H,2-3,6,8-9H2,1H3,(H,16,19). The number of phenols is 1. The predicted molar refractivity (Wildman–Crippen MR) is 75.7 cm³/mol. The second kappa shape index (κ2) is 6.26. The molecule has 19 heavy (non-hydrogen) atoms. The third-order valence-corrected chi connectivity index (χ3v) is 3.80. The van der Waals surface area contributed by atoms with E-state index in [2.05, 4.69) is 17.3 Å². The van der Waals surface area contributed by atoms with Gasteiger partial charge in [-0.15, -0.1) is 0 Å². The van der Waals surface area contributed by atoms with Gasteiger partial charge in [0.15, 0.2) is 0 Å². The molecule has 1 atom stereocenters. The fraction of sp³-hybridized carbons (Fsp3) is 0.500.